The highest BCUT2D eigenvalue weighted by molar-refractivity contribution is 7.89. The number of likely N-dealkylation sites (tertiary alicyclic amines) is 1. The van der Waals surface area contributed by atoms with E-state index < -0.39 is 11.4 Å². The third-order valence-electron chi connectivity index (χ3n) is 1.94. The van der Waals surface area contributed by atoms with Crippen LogP contribution in [0.3, 0.4) is 0 Å². The monoisotopic (exact) mass is 162 g/mol. The van der Waals surface area contributed by atoms with E-state index in [0.717, 1.165) is 13.1 Å². The number of rotatable bonds is 2. The molecule has 10 heavy (non-hydrogen) atoms. The van der Waals surface area contributed by atoms with Crippen LogP contribution in [0, 0.1) is 0 Å². The summed E-state index contributed by atoms with van der Waals surface area (Å²) in [5, 5.41) is 5.43. The maximum absolute atomic E-state index is 10.7. The molecule has 1 rings (SSSR count). The van der Waals surface area contributed by atoms with Gasteiger partial charge in [0.1, 0.15) is 0 Å². The Morgan fingerprint density at radius 3 is 2.40 bits per heavy atom. The summed E-state index contributed by atoms with van der Waals surface area (Å²) in [5.74, 6) is 0. The SMILES string of the molecule is CC(C)N1CC([S+](N)[O-])C1. The predicted molar refractivity (Wildman–Crippen MR) is 42.8 cm³/mol. The molecule has 0 aromatic heterocycles. The van der Waals surface area contributed by atoms with Crippen molar-refractivity contribution >= 4 is 11.4 Å². The molecule has 0 radical (unpaired) electrons. The van der Waals surface area contributed by atoms with Gasteiger partial charge in [0, 0.05) is 30.5 Å². The van der Waals surface area contributed by atoms with Gasteiger partial charge in [0.2, 0.25) is 0 Å². The largest absolute Gasteiger partial charge is 0.598 e. The molecule has 0 aromatic rings. The van der Waals surface area contributed by atoms with E-state index >= 15 is 0 Å². The lowest BCUT2D eigenvalue weighted by atomic mass is 10.1. The normalized spacial score (nSPS) is 24.9. The molecule has 0 spiro atoms. The van der Waals surface area contributed by atoms with Crippen molar-refractivity contribution in [2.75, 3.05) is 13.1 Å². The second kappa shape index (κ2) is 3.09. The summed E-state index contributed by atoms with van der Waals surface area (Å²) in [5.41, 5.74) is 0. The third-order valence-corrected chi connectivity index (χ3v) is 2.89. The van der Waals surface area contributed by atoms with E-state index in [9.17, 15) is 4.55 Å². The first-order valence-corrected chi connectivity index (χ1v) is 4.78. The molecule has 1 saturated heterocycles. The molecule has 0 aliphatic carbocycles. The zero-order valence-electron chi connectivity index (χ0n) is 6.41. The van der Waals surface area contributed by atoms with Crippen molar-refractivity contribution in [1.82, 2.24) is 4.90 Å². The number of hydrogen-bond acceptors (Lipinski definition) is 3. The van der Waals surface area contributed by atoms with Gasteiger partial charge >= 0.3 is 0 Å². The Morgan fingerprint density at radius 1 is 1.60 bits per heavy atom. The highest BCUT2D eigenvalue weighted by atomic mass is 32.2. The molecule has 0 bridgehead atoms. The van der Waals surface area contributed by atoms with Crippen LogP contribution in [-0.4, -0.2) is 33.8 Å². The van der Waals surface area contributed by atoms with Crippen LogP contribution in [0.25, 0.3) is 0 Å². The second-order valence-corrected chi connectivity index (χ2v) is 4.32. The van der Waals surface area contributed by atoms with E-state index in [-0.39, 0.29) is 5.25 Å². The lowest BCUT2D eigenvalue weighted by Crippen LogP contribution is -2.58. The Bertz CT molecular complexity index is 100. The first-order valence-electron chi connectivity index (χ1n) is 3.50. The molecule has 1 atom stereocenters. The minimum Gasteiger partial charge on any atom is -0.598 e. The Balaban J connectivity index is 2.18. The van der Waals surface area contributed by atoms with Gasteiger partial charge in [-0.1, -0.05) is 0 Å². The molecular weight excluding hydrogens is 148 g/mol. The summed E-state index contributed by atoms with van der Waals surface area (Å²) in [6.07, 6.45) is 0. The van der Waals surface area contributed by atoms with E-state index in [4.69, 9.17) is 5.14 Å². The number of nitrogens with zero attached hydrogens (tertiary/aromatic N) is 1. The van der Waals surface area contributed by atoms with Gasteiger partial charge in [-0.2, -0.15) is 5.14 Å². The zero-order valence-corrected chi connectivity index (χ0v) is 7.23. The molecule has 1 aliphatic heterocycles. The van der Waals surface area contributed by atoms with Gasteiger partial charge in [-0.3, -0.25) is 4.90 Å². The standard InChI is InChI=1S/C6H14N2OS/c1-5(2)8-3-6(4-8)10(7)9/h5-6H,3-4,7H2,1-2H3. The minimum atomic E-state index is -1.10. The average Bonchev–Trinajstić information content (AvgIpc) is 1.56. The fraction of sp³-hybridized carbons (Fsp3) is 1.00. The van der Waals surface area contributed by atoms with E-state index in [0.29, 0.717) is 6.04 Å². The second-order valence-electron chi connectivity index (χ2n) is 3.00. The Morgan fingerprint density at radius 2 is 2.10 bits per heavy atom. The maximum Gasteiger partial charge on any atom is 0.160 e. The van der Waals surface area contributed by atoms with Crippen molar-refractivity contribution in [3.05, 3.63) is 0 Å². The quantitative estimate of drug-likeness (QED) is 0.567. The number of hydrogen-bond donors (Lipinski definition) is 1. The van der Waals surface area contributed by atoms with Crippen LogP contribution >= 0.6 is 0 Å². The first kappa shape index (κ1) is 8.33. The van der Waals surface area contributed by atoms with Gasteiger partial charge < -0.3 is 4.55 Å². The Kier molecular flexibility index (Phi) is 2.57. The van der Waals surface area contributed by atoms with E-state index in [1.54, 1.807) is 0 Å². The summed E-state index contributed by atoms with van der Waals surface area (Å²) < 4.78 is 10.7. The average molecular weight is 162 g/mol. The highest BCUT2D eigenvalue weighted by Gasteiger charge is 2.35. The van der Waals surface area contributed by atoms with Crippen LogP contribution in [0.1, 0.15) is 13.8 Å². The Hall–Kier alpha value is 0.230. The van der Waals surface area contributed by atoms with Crippen molar-refractivity contribution in [1.29, 1.82) is 0 Å². The van der Waals surface area contributed by atoms with Gasteiger partial charge in [0.25, 0.3) is 0 Å². The summed E-state index contributed by atoms with van der Waals surface area (Å²) in [4.78, 5) is 2.26. The van der Waals surface area contributed by atoms with Crippen LogP contribution in [0.15, 0.2) is 0 Å². The topological polar surface area (TPSA) is 52.3 Å². The van der Waals surface area contributed by atoms with Crippen LogP contribution in [0.2, 0.25) is 0 Å². The summed E-state index contributed by atoms with van der Waals surface area (Å²) in [6.45, 7) is 6.08. The van der Waals surface area contributed by atoms with E-state index in [1.165, 1.54) is 0 Å². The fourth-order valence-electron chi connectivity index (χ4n) is 1.04. The van der Waals surface area contributed by atoms with Crippen molar-refractivity contribution in [2.45, 2.75) is 25.1 Å². The molecule has 0 saturated carbocycles. The molecule has 0 aromatic carbocycles. The van der Waals surface area contributed by atoms with Crippen molar-refractivity contribution in [3.8, 4) is 0 Å². The molecule has 4 heteroatoms. The van der Waals surface area contributed by atoms with Crippen molar-refractivity contribution < 1.29 is 4.55 Å². The lowest BCUT2D eigenvalue weighted by molar-refractivity contribution is 0.142. The number of nitrogens with two attached hydrogens (primary N) is 1. The van der Waals surface area contributed by atoms with Crippen molar-refractivity contribution in [2.24, 2.45) is 5.14 Å². The molecule has 1 aliphatic rings. The zero-order chi connectivity index (χ0) is 7.72. The molecule has 2 N–H and O–H groups in total. The van der Waals surface area contributed by atoms with Crippen LogP contribution in [0.5, 0.6) is 0 Å². The van der Waals surface area contributed by atoms with Crippen LogP contribution in [-0.2, 0) is 11.4 Å². The third kappa shape index (κ3) is 1.63. The molecule has 60 valence electrons. The molecule has 1 fully saturated rings. The van der Waals surface area contributed by atoms with Crippen LogP contribution < -0.4 is 5.14 Å². The Labute approximate surface area is 64.9 Å². The molecular formula is C6H14N2OS. The summed E-state index contributed by atoms with van der Waals surface area (Å²) in [6, 6.07) is 0.569. The van der Waals surface area contributed by atoms with E-state index in [2.05, 4.69) is 18.7 Å². The molecule has 1 heterocycles. The van der Waals surface area contributed by atoms with Gasteiger partial charge in [0.15, 0.2) is 5.25 Å². The molecule has 3 nitrogen and oxygen atoms in total. The van der Waals surface area contributed by atoms with Gasteiger partial charge in [-0.05, 0) is 13.8 Å². The van der Waals surface area contributed by atoms with E-state index in [1.807, 2.05) is 0 Å². The predicted octanol–water partition coefficient (Wildman–Crippen LogP) is -0.299. The maximum atomic E-state index is 10.7. The van der Waals surface area contributed by atoms with Gasteiger partial charge in [-0.25, -0.2) is 0 Å². The molecule has 0 amide bonds. The smallest absolute Gasteiger partial charge is 0.160 e. The van der Waals surface area contributed by atoms with Gasteiger partial charge in [0.05, 0.1) is 0 Å². The highest BCUT2D eigenvalue weighted by Crippen LogP contribution is 2.16. The van der Waals surface area contributed by atoms with Gasteiger partial charge in [-0.15, -0.1) is 0 Å². The lowest BCUT2D eigenvalue weighted by Gasteiger charge is -2.39. The van der Waals surface area contributed by atoms with Crippen molar-refractivity contribution in [3.63, 3.8) is 0 Å². The summed E-state index contributed by atoms with van der Waals surface area (Å²) >= 11 is -1.10. The fourth-order valence-corrected chi connectivity index (χ4v) is 1.72. The first-order chi connectivity index (χ1) is 4.61. The molecule has 1 unspecified atom stereocenters. The minimum absolute atomic E-state index is 0.224. The van der Waals surface area contributed by atoms with Crippen LogP contribution in [0.4, 0.5) is 0 Å². The summed E-state index contributed by atoms with van der Waals surface area (Å²) in [7, 11) is 0.